The number of nitriles is 1. The van der Waals surface area contributed by atoms with Gasteiger partial charge in [-0.3, -0.25) is 9.69 Å². The van der Waals surface area contributed by atoms with Crippen LogP contribution in [0, 0.1) is 16.7 Å². The van der Waals surface area contributed by atoms with Crippen molar-refractivity contribution in [2.75, 3.05) is 26.7 Å². The smallest absolute Gasteiger partial charge is 0.242 e. The van der Waals surface area contributed by atoms with Gasteiger partial charge in [-0.1, -0.05) is 6.92 Å². The van der Waals surface area contributed by atoms with Gasteiger partial charge in [-0.2, -0.15) is 5.26 Å². The van der Waals surface area contributed by atoms with E-state index in [2.05, 4.69) is 17.9 Å². The van der Waals surface area contributed by atoms with Gasteiger partial charge < -0.3 is 4.90 Å². The third kappa shape index (κ3) is 2.24. The molecule has 1 atom stereocenters. The van der Waals surface area contributed by atoms with Crippen LogP contribution in [0.5, 0.6) is 0 Å². The van der Waals surface area contributed by atoms with E-state index in [1.165, 1.54) is 12.8 Å². The van der Waals surface area contributed by atoms with Crippen LogP contribution in [0.25, 0.3) is 0 Å². The zero-order valence-electron chi connectivity index (χ0n) is 11.5. The van der Waals surface area contributed by atoms with Crippen molar-refractivity contribution in [2.45, 2.75) is 45.1 Å². The zero-order valence-corrected chi connectivity index (χ0v) is 11.5. The molecule has 2 fully saturated rings. The van der Waals surface area contributed by atoms with Gasteiger partial charge in [0.1, 0.15) is 5.41 Å². The average Bonchev–Trinajstić information content (AvgIpc) is 2.75. The van der Waals surface area contributed by atoms with Gasteiger partial charge in [0.25, 0.3) is 0 Å². The molecule has 0 aromatic rings. The Hall–Kier alpha value is -1.08. The fraction of sp³-hybridized carbons (Fsp3) is 0.857. The molecule has 0 aromatic carbocycles. The Balaban J connectivity index is 1.93. The van der Waals surface area contributed by atoms with Crippen LogP contribution >= 0.6 is 0 Å². The summed E-state index contributed by atoms with van der Waals surface area (Å²) in [7, 11) is 1.85. The molecular formula is C14H23N3O. The first-order chi connectivity index (χ1) is 8.63. The highest BCUT2D eigenvalue weighted by atomic mass is 16.2. The molecule has 1 saturated carbocycles. The number of amides is 1. The number of rotatable bonds is 4. The van der Waals surface area contributed by atoms with Crippen LogP contribution in [-0.2, 0) is 4.79 Å². The van der Waals surface area contributed by atoms with Crippen molar-refractivity contribution in [1.82, 2.24) is 9.80 Å². The summed E-state index contributed by atoms with van der Waals surface area (Å²) in [6.45, 7) is 5.14. The van der Waals surface area contributed by atoms with Gasteiger partial charge in [-0.05, 0) is 45.2 Å². The summed E-state index contributed by atoms with van der Waals surface area (Å²) in [4.78, 5) is 16.6. The minimum Gasteiger partial charge on any atom is -0.343 e. The van der Waals surface area contributed by atoms with Crippen molar-refractivity contribution in [3.05, 3.63) is 0 Å². The lowest BCUT2D eigenvalue weighted by Crippen LogP contribution is -2.49. The van der Waals surface area contributed by atoms with E-state index in [-0.39, 0.29) is 5.91 Å². The molecule has 4 nitrogen and oxygen atoms in total. The van der Waals surface area contributed by atoms with Crippen LogP contribution < -0.4 is 0 Å². The summed E-state index contributed by atoms with van der Waals surface area (Å²) in [5.74, 6) is 0.0409. The Kier molecular flexibility index (Phi) is 3.91. The van der Waals surface area contributed by atoms with Crippen molar-refractivity contribution in [2.24, 2.45) is 5.41 Å². The Morgan fingerprint density at radius 1 is 1.50 bits per heavy atom. The maximum Gasteiger partial charge on any atom is 0.242 e. The van der Waals surface area contributed by atoms with Gasteiger partial charge in [-0.25, -0.2) is 0 Å². The number of hydrogen-bond acceptors (Lipinski definition) is 3. The predicted molar refractivity (Wildman–Crippen MR) is 69.8 cm³/mol. The summed E-state index contributed by atoms with van der Waals surface area (Å²) < 4.78 is 0. The van der Waals surface area contributed by atoms with Crippen molar-refractivity contribution in [3.8, 4) is 6.07 Å². The van der Waals surface area contributed by atoms with Crippen molar-refractivity contribution in [3.63, 3.8) is 0 Å². The van der Waals surface area contributed by atoms with Crippen molar-refractivity contribution >= 4 is 5.91 Å². The van der Waals surface area contributed by atoms with Gasteiger partial charge in [0.2, 0.25) is 5.91 Å². The van der Waals surface area contributed by atoms with Gasteiger partial charge >= 0.3 is 0 Å². The molecule has 0 aromatic heterocycles. The maximum atomic E-state index is 12.3. The third-order valence-electron chi connectivity index (χ3n) is 4.57. The molecule has 0 bridgehead atoms. The van der Waals surface area contributed by atoms with Crippen LogP contribution in [0.15, 0.2) is 0 Å². The molecule has 4 heteroatoms. The molecule has 2 aliphatic rings. The molecule has 1 saturated heterocycles. The second-order valence-corrected chi connectivity index (χ2v) is 5.66. The minimum absolute atomic E-state index is 0.0409. The molecule has 0 N–H and O–H groups in total. The SMILES string of the molecule is CCN1CCCC1CN(C)C(=O)C1(C#N)CCC1. The Morgan fingerprint density at radius 3 is 2.72 bits per heavy atom. The summed E-state index contributed by atoms with van der Waals surface area (Å²) in [6.07, 6.45) is 4.90. The van der Waals surface area contributed by atoms with Gasteiger partial charge in [0, 0.05) is 19.6 Å². The lowest BCUT2D eigenvalue weighted by atomic mass is 9.69. The zero-order chi connectivity index (χ0) is 13.2. The molecule has 1 unspecified atom stereocenters. The number of carbonyl (C=O) groups is 1. The van der Waals surface area contributed by atoms with E-state index in [4.69, 9.17) is 0 Å². The lowest BCUT2D eigenvalue weighted by molar-refractivity contribution is -0.142. The molecule has 2 rings (SSSR count). The van der Waals surface area contributed by atoms with Crippen molar-refractivity contribution in [1.29, 1.82) is 5.26 Å². The standard InChI is InChI=1S/C14H23N3O/c1-3-17-9-4-6-12(17)10-16(2)13(18)14(11-15)7-5-8-14/h12H,3-10H2,1-2H3. The summed E-state index contributed by atoms with van der Waals surface area (Å²) in [5, 5.41) is 9.21. The first kappa shape index (κ1) is 13.4. The quantitative estimate of drug-likeness (QED) is 0.760. The third-order valence-corrected chi connectivity index (χ3v) is 4.57. The lowest BCUT2D eigenvalue weighted by Gasteiger charge is -2.38. The monoisotopic (exact) mass is 249 g/mol. The highest BCUT2D eigenvalue weighted by molar-refractivity contribution is 5.86. The van der Waals surface area contributed by atoms with Crippen molar-refractivity contribution < 1.29 is 4.79 Å². The Bertz CT molecular complexity index is 357. The molecule has 1 aliphatic carbocycles. The van der Waals surface area contributed by atoms with Crippen LogP contribution in [-0.4, -0.2) is 48.4 Å². The molecular weight excluding hydrogens is 226 g/mol. The van der Waals surface area contributed by atoms with Gasteiger partial charge in [0.05, 0.1) is 6.07 Å². The van der Waals surface area contributed by atoms with Crippen LogP contribution in [0.4, 0.5) is 0 Å². The first-order valence-corrected chi connectivity index (χ1v) is 7.04. The average molecular weight is 249 g/mol. The summed E-state index contributed by atoms with van der Waals surface area (Å²) in [6, 6.07) is 2.73. The van der Waals surface area contributed by atoms with Gasteiger partial charge in [-0.15, -0.1) is 0 Å². The highest BCUT2D eigenvalue weighted by Crippen LogP contribution is 2.41. The highest BCUT2D eigenvalue weighted by Gasteiger charge is 2.46. The van der Waals surface area contributed by atoms with E-state index in [1.807, 2.05) is 7.05 Å². The van der Waals surface area contributed by atoms with Crippen LogP contribution in [0.3, 0.4) is 0 Å². The predicted octanol–water partition coefficient (Wildman–Crippen LogP) is 1.62. The number of likely N-dealkylation sites (N-methyl/N-ethyl adjacent to an activating group) is 2. The normalized spacial score (nSPS) is 26.4. The minimum atomic E-state index is -0.690. The first-order valence-electron chi connectivity index (χ1n) is 7.04. The second-order valence-electron chi connectivity index (χ2n) is 5.66. The summed E-state index contributed by atoms with van der Waals surface area (Å²) in [5.41, 5.74) is -0.690. The van der Waals surface area contributed by atoms with E-state index >= 15 is 0 Å². The van der Waals surface area contributed by atoms with Crippen LogP contribution in [0.2, 0.25) is 0 Å². The molecule has 1 amide bonds. The molecule has 18 heavy (non-hydrogen) atoms. The van der Waals surface area contributed by atoms with Crippen LogP contribution in [0.1, 0.15) is 39.0 Å². The van der Waals surface area contributed by atoms with E-state index in [1.54, 1.807) is 4.90 Å². The Morgan fingerprint density at radius 2 is 2.22 bits per heavy atom. The largest absolute Gasteiger partial charge is 0.343 e. The van der Waals surface area contributed by atoms with E-state index < -0.39 is 5.41 Å². The fourth-order valence-electron chi connectivity index (χ4n) is 3.19. The molecule has 1 heterocycles. The maximum absolute atomic E-state index is 12.3. The van der Waals surface area contributed by atoms with E-state index in [0.29, 0.717) is 6.04 Å². The molecule has 0 spiro atoms. The Labute approximate surface area is 110 Å². The topological polar surface area (TPSA) is 47.3 Å². The molecule has 0 radical (unpaired) electrons. The van der Waals surface area contributed by atoms with E-state index in [0.717, 1.165) is 38.9 Å². The summed E-state index contributed by atoms with van der Waals surface area (Å²) >= 11 is 0. The molecule has 100 valence electrons. The number of hydrogen-bond donors (Lipinski definition) is 0. The number of nitrogens with zero attached hydrogens (tertiary/aromatic N) is 3. The second kappa shape index (κ2) is 5.27. The number of likely N-dealkylation sites (tertiary alicyclic amines) is 1. The van der Waals surface area contributed by atoms with Gasteiger partial charge in [0.15, 0.2) is 0 Å². The van der Waals surface area contributed by atoms with E-state index in [9.17, 15) is 10.1 Å². The fourth-order valence-corrected chi connectivity index (χ4v) is 3.19. The number of carbonyl (C=O) groups excluding carboxylic acids is 1. The molecule has 1 aliphatic heterocycles.